The van der Waals surface area contributed by atoms with E-state index < -0.39 is 5.97 Å². The van der Waals surface area contributed by atoms with Gasteiger partial charge in [0.25, 0.3) is 5.91 Å². The molecular weight excluding hydrogens is 390 g/mol. The Morgan fingerprint density at radius 3 is 2.32 bits per heavy atom. The van der Waals surface area contributed by atoms with Crippen molar-refractivity contribution >= 4 is 34.5 Å². The highest BCUT2D eigenvalue weighted by molar-refractivity contribution is 6.37. The lowest BCUT2D eigenvalue weighted by atomic mass is 9.99. The Morgan fingerprint density at radius 2 is 1.68 bits per heavy atom. The fourth-order valence-corrected chi connectivity index (χ4v) is 3.64. The summed E-state index contributed by atoms with van der Waals surface area (Å²) in [6, 6.07) is 22.4. The van der Waals surface area contributed by atoms with Crippen molar-refractivity contribution in [2.75, 3.05) is 24.7 Å². The number of carbonyl (C=O) groups is 2. The highest BCUT2D eigenvalue weighted by Crippen LogP contribution is 2.38. The van der Waals surface area contributed by atoms with Gasteiger partial charge in [-0.15, -0.1) is 0 Å². The molecule has 0 unspecified atom stereocenters. The van der Waals surface area contributed by atoms with Gasteiger partial charge in [-0.1, -0.05) is 48.5 Å². The molecule has 6 nitrogen and oxygen atoms in total. The van der Waals surface area contributed by atoms with Crippen LogP contribution >= 0.6 is 0 Å². The smallest absolute Gasteiger partial charge is 0.335 e. The summed E-state index contributed by atoms with van der Waals surface area (Å²) < 4.78 is 0. The number of carboxylic acids is 1. The predicted molar refractivity (Wildman–Crippen MR) is 123 cm³/mol. The summed E-state index contributed by atoms with van der Waals surface area (Å²) in [5.74, 6) is -1.30. The SMILES string of the molecule is CN(C)Cc1ccc(N/C(=C2\C(=O)Nc3cc(C(=O)O)ccc32)c2ccccc2)cc1. The largest absolute Gasteiger partial charge is 0.478 e. The first-order valence-electron chi connectivity index (χ1n) is 9.92. The maximum absolute atomic E-state index is 12.9. The van der Waals surface area contributed by atoms with E-state index in [1.165, 1.54) is 17.7 Å². The molecule has 4 rings (SSSR count). The molecule has 156 valence electrons. The molecule has 1 heterocycles. The second-order valence-electron chi connectivity index (χ2n) is 7.70. The van der Waals surface area contributed by atoms with Gasteiger partial charge in [-0.05, 0) is 49.5 Å². The number of hydrogen-bond acceptors (Lipinski definition) is 4. The molecule has 3 N–H and O–H groups in total. The third kappa shape index (κ3) is 4.34. The van der Waals surface area contributed by atoms with E-state index in [2.05, 4.69) is 27.7 Å². The van der Waals surface area contributed by atoms with Gasteiger partial charge < -0.3 is 20.6 Å². The van der Waals surface area contributed by atoms with Gasteiger partial charge in [-0.3, -0.25) is 4.79 Å². The van der Waals surface area contributed by atoms with Crippen LogP contribution in [-0.4, -0.2) is 36.0 Å². The molecule has 0 atom stereocenters. The quantitative estimate of drug-likeness (QED) is 0.523. The van der Waals surface area contributed by atoms with Gasteiger partial charge in [0.05, 0.1) is 22.5 Å². The molecule has 0 saturated heterocycles. The van der Waals surface area contributed by atoms with E-state index in [-0.39, 0.29) is 11.5 Å². The molecule has 0 fully saturated rings. The van der Waals surface area contributed by atoms with Crippen molar-refractivity contribution in [1.82, 2.24) is 4.90 Å². The van der Waals surface area contributed by atoms with Crippen LogP contribution in [0.1, 0.15) is 27.0 Å². The average molecular weight is 413 g/mol. The van der Waals surface area contributed by atoms with Gasteiger partial charge >= 0.3 is 5.97 Å². The third-order valence-corrected chi connectivity index (χ3v) is 5.05. The minimum absolute atomic E-state index is 0.131. The Balaban J connectivity index is 1.79. The fourth-order valence-electron chi connectivity index (χ4n) is 3.64. The summed E-state index contributed by atoms with van der Waals surface area (Å²) in [6.45, 7) is 0.842. The van der Waals surface area contributed by atoms with Gasteiger partial charge in [0, 0.05) is 17.8 Å². The summed E-state index contributed by atoms with van der Waals surface area (Å²) >= 11 is 0. The van der Waals surface area contributed by atoms with Crippen molar-refractivity contribution in [1.29, 1.82) is 0 Å². The first-order chi connectivity index (χ1) is 14.9. The number of anilines is 2. The van der Waals surface area contributed by atoms with Crippen LogP contribution in [0.15, 0.2) is 72.8 Å². The molecule has 3 aromatic rings. The highest BCUT2D eigenvalue weighted by Gasteiger charge is 2.29. The molecule has 0 bridgehead atoms. The van der Waals surface area contributed by atoms with E-state index in [1.54, 1.807) is 6.07 Å². The molecule has 0 saturated carbocycles. The van der Waals surface area contributed by atoms with Crippen LogP contribution < -0.4 is 10.6 Å². The summed E-state index contributed by atoms with van der Waals surface area (Å²) in [7, 11) is 4.05. The number of nitrogens with one attached hydrogen (secondary N) is 2. The summed E-state index contributed by atoms with van der Waals surface area (Å²) in [5.41, 5.74) is 5.36. The first kappa shape index (κ1) is 20.4. The molecule has 0 aromatic heterocycles. The molecular formula is C25H23N3O3. The Kier molecular flexibility index (Phi) is 5.56. The van der Waals surface area contributed by atoms with E-state index in [0.717, 1.165) is 17.8 Å². The van der Waals surface area contributed by atoms with Crippen molar-refractivity contribution in [2.24, 2.45) is 0 Å². The minimum Gasteiger partial charge on any atom is -0.478 e. The van der Waals surface area contributed by atoms with E-state index >= 15 is 0 Å². The Hall–Kier alpha value is -3.90. The molecule has 0 aliphatic carbocycles. The number of rotatable bonds is 6. The molecule has 6 heteroatoms. The minimum atomic E-state index is -1.03. The van der Waals surface area contributed by atoms with Crippen molar-refractivity contribution < 1.29 is 14.7 Å². The van der Waals surface area contributed by atoms with E-state index in [1.807, 2.05) is 56.6 Å². The zero-order chi connectivity index (χ0) is 22.0. The standard InChI is InChI=1S/C25H23N3O3/c1-28(2)15-16-8-11-19(12-9-16)26-23(17-6-4-3-5-7-17)22-20-13-10-18(25(30)31)14-21(20)27-24(22)29/h3-14,26H,15H2,1-2H3,(H,27,29)(H,30,31)/b23-22-. The number of nitrogens with zero attached hydrogens (tertiary/aromatic N) is 1. The van der Waals surface area contributed by atoms with Crippen LogP contribution in [0.5, 0.6) is 0 Å². The van der Waals surface area contributed by atoms with Gasteiger partial charge in [0.15, 0.2) is 0 Å². The lowest BCUT2D eigenvalue weighted by Crippen LogP contribution is -2.11. The van der Waals surface area contributed by atoms with Gasteiger partial charge in [-0.2, -0.15) is 0 Å². The van der Waals surface area contributed by atoms with Crippen molar-refractivity contribution in [2.45, 2.75) is 6.54 Å². The van der Waals surface area contributed by atoms with Crippen LogP contribution in [-0.2, 0) is 11.3 Å². The molecule has 3 aromatic carbocycles. The zero-order valence-electron chi connectivity index (χ0n) is 17.3. The first-order valence-corrected chi connectivity index (χ1v) is 9.92. The topological polar surface area (TPSA) is 81.7 Å². The highest BCUT2D eigenvalue weighted by atomic mass is 16.4. The van der Waals surface area contributed by atoms with E-state index in [0.29, 0.717) is 22.5 Å². The predicted octanol–water partition coefficient (Wildman–Crippen LogP) is 4.38. The van der Waals surface area contributed by atoms with Gasteiger partial charge in [0.1, 0.15) is 0 Å². The average Bonchev–Trinajstić information content (AvgIpc) is 3.08. The molecule has 0 spiro atoms. The molecule has 0 radical (unpaired) electrons. The molecule has 1 amide bonds. The van der Waals surface area contributed by atoms with Gasteiger partial charge in [-0.25, -0.2) is 4.79 Å². The summed E-state index contributed by atoms with van der Waals surface area (Å²) in [6.07, 6.45) is 0. The monoisotopic (exact) mass is 413 g/mol. The van der Waals surface area contributed by atoms with Gasteiger partial charge in [0.2, 0.25) is 0 Å². The number of fused-ring (bicyclic) bond motifs is 1. The lowest BCUT2D eigenvalue weighted by Gasteiger charge is -2.16. The number of amides is 1. The van der Waals surface area contributed by atoms with Crippen LogP contribution in [0.25, 0.3) is 11.3 Å². The number of carboxylic acid groups (broad SMARTS) is 1. The zero-order valence-corrected chi connectivity index (χ0v) is 17.3. The fraction of sp³-hybridized carbons (Fsp3) is 0.120. The maximum atomic E-state index is 12.9. The summed E-state index contributed by atoms with van der Waals surface area (Å²) in [5, 5.41) is 15.5. The van der Waals surface area contributed by atoms with E-state index in [9.17, 15) is 14.7 Å². The van der Waals surface area contributed by atoms with E-state index in [4.69, 9.17) is 0 Å². The third-order valence-electron chi connectivity index (χ3n) is 5.05. The van der Waals surface area contributed by atoms with Crippen LogP contribution in [0.3, 0.4) is 0 Å². The molecule has 1 aliphatic rings. The summed E-state index contributed by atoms with van der Waals surface area (Å²) in [4.78, 5) is 26.3. The number of carbonyl (C=O) groups excluding carboxylic acids is 1. The second-order valence-corrected chi connectivity index (χ2v) is 7.70. The number of hydrogen-bond donors (Lipinski definition) is 3. The van der Waals surface area contributed by atoms with Crippen molar-refractivity contribution in [3.05, 3.63) is 95.1 Å². The van der Waals surface area contributed by atoms with Crippen LogP contribution in [0.2, 0.25) is 0 Å². The van der Waals surface area contributed by atoms with Crippen molar-refractivity contribution in [3.63, 3.8) is 0 Å². The normalized spacial score (nSPS) is 14.2. The van der Waals surface area contributed by atoms with Crippen LogP contribution in [0.4, 0.5) is 11.4 Å². The second kappa shape index (κ2) is 8.45. The van der Waals surface area contributed by atoms with Crippen LogP contribution in [0, 0.1) is 0 Å². The Labute approximate surface area is 180 Å². The number of benzene rings is 3. The molecule has 1 aliphatic heterocycles. The lowest BCUT2D eigenvalue weighted by molar-refractivity contribution is -0.110. The Bertz CT molecular complexity index is 1170. The number of aromatic carboxylic acids is 1. The maximum Gasteiger partial charge on any atom is 0.335 e. The molecule has 31 heavy (non-hydrogen) atoms. The van der Waals surface area contributed by atoms with Crippen molar-refractivity contribution in [3.8, 4) is 0 Å². The Morgan fingerprint density at radius 1 is 0.968 bits per heavy atom.